The predicted octanol–water partition coefficient (Wildman–Crippen LogP) is 2.56. The van der Waals surface area contributed by atoms with Crippen LogP contribution in [0.15, 0.2) is 0 Å². The molecule has 2 aliphatic rings. The van der Waals surface area contributed by atoms with Gasteiger partial charge in [0, 0.05) is 19.0 Å². The Balaban J connectivity index is 2.03. The molecule has 0 spiro atoms. The van der Waals surface area contributed by atoms with Crippen molar-refractivity contribution in [3.8, 4) is 0 Å². The maximum atomic E-state index is 12.3. The van der Waals surface area contributed by atoms with Gasteiger partial charge in [-0.25, -0.2) is 0 Å². The van der Waals surface area contributed by atoms with Gasteiger partial charge in [0.15, 0.2) is 0 Å². The summed E-state index contributed by atoms with van der Waals surface area (Å²) in [4.78, 5) is 14.6. The molecule has 0 aromatic heterocycles. The van der Waals surface area contributed by atoms with E-state index < -0.39 is 0 Å². The average Bonchev–Trinajstić information content (AvgIpc) is 2.65. The summed E-state index contributed by atoms with van der Waals surface area (Å²) in [6.45, 7) is 5.39. The maximum Gasteiger partial charge on any atom is 0.222 e. The van der Waals surface area contributed by atoms with Crippen molar-refractivity contribution in [2.75, 3.05) is 19.6 Å². The topological polar surface area (TPSA) is 32.3 Å². The van der Waals surface area contributed by atoms with Crippen LogP contribution in [0.2, 0.25) is 0 Å². The van der Waals surface area contributed by atoms with Gasteiger partial charge in [0.25, 0.3) is 0 Å². The van der Waals surface area contributed by atoms with Crippen LogP contribution >= 0.6 is 0 Å². The zero-order chi connectivity index (χ0) is 12.8. The van der Waals surface area contributed by atoms with Crippen molar-refractivity contribution in [3.63, 3.8) is 0 Å². The van der Waals surface area contributed by atoms with Gasteiger partial charge < -0.3 is 10.2 Å². The highest BCUT2D eigenvalue weighted by Gasteiger charge is 2.31. The molecule has 0 saturated carbocycles. The molecular weight excluding hydrogens is 224 g/mol. The van der Waals surface area contributed by atoms with E-state index in [0.717, 1.165) is 38.4 Å². The number of nitrogens with zero attached hydrogens (tertiary/aromatic N) is 1. The van der Waals surface area contributed by atoms with Crippen molar-refractivity contribution in [2.45, 2.75) is 64.3 Å². The highest BCUT2D eigenvalue weighted by molar-refractivity contribution is 5.76. The van der Waals surface area contributed by atoms with Gasteiger partial charge in [0.05, 0.1) is 0 Å². The van der Waals surface area contributed by atoms with E-state index in [-0.39, 0.29) is 0 Å². The van der Waals surface area contributed by atoms with E-state index in [1.165, 1.54) is 38.5 Å². The van der Waals surface area contributed by atoms with Gasteiger partial charge >= 0.3 is 0 Å². The number of carbonyl (C=O) groups is 1. The highest BCUT2D eigenvalue weighted by Crippen LogP contribution is 2.28. The largest absolute Gasteiger partial charge is 0.339 e. The van der Waals surface area contributed by atoms with E-state index in [1.807, 2.05) is 0 Å². The minimum atomic E-state index is 0.405. The zero-order valence-corrected chi connectivity index (χ0v) is 11.8. The van der Waals surface area contributed by atoms with E-state index >= 15 is 0 Å². The number of rotatable bonds is 3. The molecule has 0 bridgehead atoms. The predicted molar refractivity (Wildman–Crippen MR) is 74.5 cm³/mol. The van der Waals surface area contributed by atoms with Crippen molar-refractivity contribution in [1.29, 1.82) is 0 Å². The Morgan fingerprint density at radius 1 is 1.17 bits per heavy atom. The van der Waals surface area contributed by atoms with Gasteiger partial charge in [-0.2, -0.15) is 0 Å². The summed E-state index contributed by atoms with van der Waals surface area (Å²) < 4.78 is 0. The number of amides is 1. The summed E-state index contributed by atoms with van der Waals surface area (Å²) in [7, 11) is 0. The smallest absolute Gasteiger partial charge is 0.222 e. The van der Waals surface area contributed by atoms with E-state index in [0.29, 0.717) is 11.9 Å². The van der Waals surface area contributed by atoms with Crippen LogP contribution in [0.3, 0.4) is 0 Å². The Kier molecular flexibility index (Phi) is 5.48. The van der Waals surface area contributed by atoms with E-state index in [2.05, 4.69) is 17.1 Å². The van der Waals surface area contributed by atoms with Gasteiger partial charge in [-0.05, 0) is 51.1 Å². The van der Waals surface area contributed by atoms with Crippen molar-refractivity contribution in [2.24, 2.45) is 5.92 Å². The molecule has 3 heteroatoms. The van der Waals surface area contributed by atoms with Crippen molar-refractivity contribution < 1.29 is 4.79 Å². The molecule has 104 valence electrons. The molecule has 2 aliphatic heterocycles. The fourth-order valence-corrected chi connectivity index (χ4v) is 3.52. The van der Waals surface area contributed by atoms with Gasteiger partial charge in [-0.3, -0.25) is 4.79 Å². The summed E-state index contributed by atoms with van der Waals surface area (Å²) in [6.07, 6.45) is 9.27. The second-order valence-corrected chi connectivity index (χ2v) is 5.84. The number of hydrogen-bond acceptors (Lipinski definition) is 2. The van der Waals surface area contributed by atoms with Crippen LogP contribution in [-0.2, 0) is 4.79 Å². The first-order valence-electron chi connectivity index (χ1n) is 7.83. The van der Waals surface area contributed by atoms with Gasteiger partial charge in [-0.1, -0.05) is 19.8 Å². The number of likely N-dealkylation sites (tertiary alicyclic amines) is 1. The number of carbonyl (C=O) groups excluding carboxylic acids is 1. The second kappa shape index (κ2) is 7.13. The number of hydrogen-bond donors (Lipinski definition) is 1. The van der Waals surface area contributed by atoms with Crippen LogP contribution in [-0.4, -0.2) is 36.5 Å². The van der Waals surface area contributed by atoms with Crippen molar-refractivity contribution in [3.05, 3.63) is 0 Å². The Morgan fingerprint density at radius 2 is 1.94 bits per heavy atom. The molecule has 3 nitrogen and oxygen atoms in total. The first-order chi connectivity index (χ1) is 8.83. The molecule has 1 amide bonds. The molecule has 0 aliphatic carbocycles. The second-order valence-electron chi connectivity index (χ2n) is 5.84. The van der Waals surface area contributed by atoms with Gasteiger partial charge in [-0.15, -0.1) is 0 Å². The standard InChI is InChI=1S/C15H28N2O/c1-2-6-15(18)17-12-5-3-4-7-14(17)13-8-10-16-11-9-13/h13-14,16H,2-12H2,1H3. The van der Waals surface area contributed by atoms with Crippen LogP contribution in [0.1, 0.15) is 58.3 Å². The summed E-state index contributed by atoms with van der Waals surface area (Å²) >= 11 is 0. The highest BCUT2D eigenvalue weighted by atomic mass is 16.2. The van der Waals surface area contributed by atoms with Crippen molar-refractivity contribution >= 4 is 5.91 Å². The van der Waals surface area contributed by atoms with Crippen LogP contribution in [0.4, 0.5) is 0 Å². The minimum Gasteiger partial charge on any atom is -0.339 e. The molecule has 0 radical (unpaired) electrons. The Hall–Kier alpha value is -0.570. The third-order valence-electron chi connectivity index (χ3n) is 4.51. The molecule has 1 N–H and O–H groups in total. The number of nitrogens with one attached hydrogen (secondary N) is 1. The zero-order valence-electron chi connectivity index (χ0n) is 11.8. The first kappa shape index (κ1) is 13.9. The average molecular weight is 252 g/mol. The molecule has 2 fully saturated rings. The molecule has 2 saturated heterocycles. The summed E-state index contributed by atoms with van der Waals surface area (Å²) in [5.74, 6) is 1.15. The lowest BCUT2D eigenvalue weighted by Crippen LogP contribution is -2.47. The molecular formula is C15H28N2O. The van der Waals surface area contributed by atoms with Crippen LogP contribution in [0.5, 0.6) is 0 Å². The van der Waals surface area contributed by atoms with Crippen molar-refractivity contribution in [1.82, 2.24) is 10.2 Å². The summed E-state index contributed by atoms with van der Waals surface area (Å²) in [5.41, 5.74) is 0. The van der Waals surface area contributed by atoms with Crippen LogP contribution < -0.4 is 5.32 Å². The quantitative estimate of drug-likeness (QED) is 0.837. The lowest BCUT2D eigenvalue weighted by atomic mass is 9.86. The van der Waals surface area contributed by atoms with E-state index in [4.69, 9.17) is 0 Å². The third kappa shape index (κ3) is 3.47. The maximum absolute atomic E-state index is 12.3. The summed E-state index contributed by atoms with van der Waals surface area (Å²) in [6, 6.07) is 0.536. The van der Waals surface area contributed by atoms with Gasteiger partial charge in [0.2, 0.25) is 5.91 Å². The first-order valence-corrected chi connectivity index (χ1v) is 7.83. The lowest BCUT2D eigenvalue weighted by molar-refractivity contribution is -0.135. The molecule has 0 aromatic rings. The normalized spacial score (nSPS) is 26.9. The Labute approximate surface area is 111 Å². The number of piperidine rings is 1. The third-order valence-corrected chi connectivity index (χ3v) is 4.51. The lowest BCUT2D eigenvalue weighted by Gasteiger charge is -2.38. The molecule has 1 unspecified atom stereocenters. The van der Waals surface area contributed by atoms with Gasteiger partial charge in [0.1, 0.15) is 0 Å². The van der Waals surface area contributed by atoms with E-state index in [9.17, 15) is 4.79 Å². The molecule has 2 rings (SSSR count). The summed E-state index contributed by atoms with van der Waals surface area (Å²) in [5, 5.41) is 3.44. The monoisotopic (exact) mass is 252 g/mol. The Morgan fingerprint density at radius 3 is 2.67 bits per heavy atom. The molecule has 18 heavy (non-hydrogen) atoms. The minimum absolute atomic E-state index is 0.405. The fourth-order valence-electron chi connectivity index (χ4n) is 3.52. The molecule has 1 atom stereocenters. The van der Waals surface area contributed by atoms with E-state index in [1.54, 1.807) is 0 Å². The Bertz CT molecular complexity index is 261. The molecule has 2 heterocycles. The fraction of sp³-hybridized carbons (Fsp3) is 0.933. The SMILES string of the molecule is CCCC(=O)N1CCCCCC1C1CCNCC1. The van der Waals surface area contributed by atoms with Crippen LogP contribution in [0, 0.1) is 5.92 Å². The van der Waals surface area contributed by atoms with Crippen LogP contribution in [0.25, 0.3) is 0 Å². The molecule has 0 aromatic carbocycles.